The molecule has 0 saturated carbocycles. The number of nitrogens with zero attached hydrogens (tertiary/aromatic N) is 2. The molecule has 1 N–H and O–H groups in total. The average molecular weight is 276 g/mol. The van der Waals surface area contributed by atoms with Crippen LogP contribution in [0.15, 0.2) is 33.8 Å². The van der Waals surface area contributed by atoms with Crippen LogP contribution in [0.2, 0.25) is 5.02 Å². The average Bonchev–Trinajstić information content (AvgIpc) is 2.66. The highest BCUT2D eigenvalue weighted by Crippen LogP contribution is 2.36. The van der Waals surface area contributed by atoms with Crippen molar-refractivity contribution in [2.75, 3.05) is 5.32 Å². The number of fused-ring (bicyclic) bond motifs is 1. The third-order valence-corrected chi connectivity index (χ3v) is 3.28. The minimum absolute atomic E-state index is 0.304. The number of nitrogens with one attached hydrogen (secondary N) is 1. The number of hydrogen-bond acceptors (Lipinski definition) is 4. The zero-order chi connectivity index (χ0) is 13.4. The molecule has 0 spiro atoms. The highest BCUT2D eigenvalue weighted by molar-refractivity contribution is 6.33. The molecule has 96 valence electrons. The van der Waals surface area contributed by atoms with Gasteiger partial charge in [-0.2, -0.15) is 0 Å². The molecule has 5 nitrogen and oxygen atoms in total. The maximum absolute atomic E-state index is 11.6. The lowest BCUT2D eigenvalue weighted by Crippen LogP contribution is -2.11. The van der Waals surface area contributed by atoms with Crippen molar-refractivity contribution in [1.82, 2.24) is 5.16 Å². The minimum Gasteiger partial charge on any atom is -0.359 e. The zero-order valence-corrected chi connectivity index (χ0v) is 10.8. The lowest BCUT2D eigenvalue weighted by atomic mass is 10.0. The van der Waals surface area contributed by atoms with Gasteiger partial charge in [0.2, 0.25) is 0 Å². The molecule has 1 aromatic heterocycles. The van der Waals surface area contributed by atoms with Gasteiger partial charge >= 0.3 is 0 Å². The minimum atomic E-state index is -0.444. The van der Waals surface area contributed by atoms with Crippen molar-refractivity contribution in [1.29, 1.82) is 0 Å². The van der Waals surface area contributed by atoms with Gasteiger partial charge in [-0.1, -0.05) is 35.0 Å². The molecule has 2 heterocycles. The number of carbonyl (C=O) groups is 1. The largest absolute Gasteiger partial charge is 0.359 e. The van der Waals surface area contributed by atoms with E-state index in [1.165, 1.54) is 6.21 Å². The molecule has 0 fully saturated rings. The lowest BCUT2D eigenvalue weighted by Gasteiger charge is -2.11. The molecule has 1 atom stereocenters. The second kappa shape index (κ2) is 4.51. The highest BCUT2D eigenvalue weighted by atomic mass is 35.5. The standard InChI is InChI=1S/C13H10ClN3O2/c1-7-11-13(17-19-7)12(15-6-10(18)16-11)8-4-2-3-5-9(8)14/h2-6,12H,1H3,(H,16,18). The molecule has 1 aromatic carbocycles. The fourth-order valence-electron chi connectivity index (χ4n) is 2.02. The fourth-order valence-corrected chi connectivity index (χ4v) is 2.26. The molecule has 3 rings (SSSR count). The Morgan fingerprint density at radius 3 is 2.95 bits per heavy atom. The predicted molar refractivity (Wildman–Crippen MR) is 71.7 cm³/mol. The van der Waals surface area contributed by atoms with Crippen LogP contribution in [0.1, 0.15) is 23.1 Å². The van der Waals surface area contributed by atoms with Crippen LogP contribution in [0.25, 0.3) is 0 Å². The van der Waals surface area contributed by atoms with Crippen molar-refractivity contribution in [3.8, 4) is 0 Å². The molecule has 6 heteroatoms. The number of anilines is 1. The molecule has 1 aliphatic rings. The van der Waals surface area contributed by atoms with Crippen LogP contribution in [0.3, 0.4) is 0 Å². The summed E-state index contributed by atoms with van der Waals surface area (Å²) in [6.45, 7) is 1.74. The van der Waals surface area contributed by atoms with Crippen LogP contribution in [0, 0.1) is 6.92 Å². The Kier molecular flexibility index (Phi) is 2.83. The number of hydrogen-bond donors (Lipinski definition) is 1. The van der Waals surface area contributed by atoms with Crippen LogP contribution < -0.4 is 5.32 Å². The van der Waals surface area contributed by atoms with Crippen LogP contribution >= 0.6 is 11.6 Å². The van der Waals surface area contributed by atoms with E-state index in [1.54, 1.807) is 13.0 Å². The van der Waals surface area contributed by atoms with Crippen LogP contribution in [0.4, 0.5) is 5.69 Å². The van der Waals surface area contributed by atoms with Gasteiger partial charge in [-0.3, -0.25) is 9.79 Å². The van der Waals surface area contributed by atoms with Crippen molar-refractivity contribution in [3.05, 3.63) is 46.3 Å². The van der Waals surface area contributed by atoms with Gasteiger partial charge in [0, 0.05) is 10.6 Å². The lowest BCUT2D eigenvalue weighted by molar-refractivity contribution is -0.109. The number of rotatable bonds is 1. The number of aliphatic imine (C=N–C) groups is 1. The van der Waals surface area contributed by atoms with Gasteiger partial charge in [-0.15, -0.1) is 0 Å². The number of benzene rings is 1. The van der Waals surface area contributed by atoms with Gasteiger partial charge in [0.1, 0.15) is 17.4 Å². The molecule has 0 saturated heterocycles. The van der Waals surface area contributed by atoms with E-state index in [2.05, 4.69) is 15.5 Å². The van der Waals surface area contributed by atoms with E-state index in [4.69, 9.17) is 16.1 Å². The Bertz CT molecular complexity index is 678. The highest BCUT2D eigenvalue weighted by Gasteiger charge is 2.27. The summed E-state index contributed by atoms with van der Waals surface area (Å²) >= 11 is 6.18. The van der Waals surface area contributed by atoms with Gasteiger partial charge < -0.3 is 9.84 Å². The van der Waals surface area contributed by atoms with E-state index >= 15 is 0 Å². The third kappa shape index (κ3) is 2.02. The molecule has 2 aromatic rings. The molecule has 1 aliphatic heterocycles. The van der Waals surface area contributed by atoms with Gasteiger partial charge in [0.05, 0.1) is 6.21 Å². The van der Waals surface area contributed by atoms with Gasteiger partial charge in [0.15, 0.2) is 5.76 Å². The van der Waals surface area contributed by atoms with Crippen LogP contribution in [-0.4, -0.2) is 17.3 Å². The summed E-state index contributed by atoms with van der Waals surface area (Å²) in [4.78, 5) is 15.8. The first kappa shape index (κ1) is 11.9. The van der Waals surface area contributed by atoms with Gasteiger partial charge in [0.25, 0.3) is 5.91 Å². The Morgan fingerprint density at radius 2 is 2.16 bits per heavy atom. The molecule has 0 radical (unpaired) electrons. The Hall–Kier alpha value is -2.14. The molecule has 1 unspecified atom stereocenters. The first-order valence-corrected chi connectivity index (χ1v) is 6.09. The summed E-state index contributed by atoms with van der Waals surface area (Å²) in [5.74, 6) is 0.244. The molecule has 0 aliphatic carbocycles. The summed E-state index contributed by atoms with van der Waals surface area (Å²) in [6.07, 6.45) is 1.25. The zero-order valence-electron chi connectivity index (χ0n) is 10.1. The number of aryl methyl sites for hydroxylation is 1. The number of halogens is 1. The first-order valence-electron chi connectivity index (χ1n) is 5.71. The van der Waals surface area contributed by atoms with Crippen molar-refractivity contribution < 1.29 is 9.32 Å². The van der Waals surface area contributed by atoms with E-state index in [1.807, 2.05) is 18.2 Å². The second-order valence-corrected chi connectivity index (χ2v) is 4.60. The quantitative estimate of drug-likeness (QED) is 0.870. The molecular weight excluding hydrogens is 266 g/mol. The summed E-state index contributed by atoms with van der Waals surface area (Å²) in [5.41, 5.74) is 1.91. The Labute approximate surface area is 114 Å². The van der Waals surface area contributed by atoms with Gasteiger partial charge in [-0.05, 0) is 13.0 Å². The molecular formula is C13H10ClN3O2. The van der Waals surface area contributed by atoms with Crippen molar-refractivity contribution in [3.63, 3.8) is 0 Å². The van der Waals surface area contributed by atoms with Gasteiger partial charge in [-0.25, -0.2) is 0 Å². The predicted octanol–water partition coefficient (Wildman–Crippen LogP) is 2.75. The monoisotopic (exact) mass is 275 g/mol. The smallest absolute Gasteiger partial charge is 0.266 e. The summed E-state index contributed by atoms with van der Waals surface area (Å²) in [6, 6.07) is 6.89. The van der Waals surface area contributed by atoms with Crippen molar-refractivity contribution in [2.45, 2.75) is 13.0 Å². The Morgan fingerprint density at radius 1 is 1.37 bits per heavy atom. The second-order valence-electron chi connectivity index (χ2n) is 4.19. The molecule has 1 amide bonds. The first-order chi connectivity index (χ1) is 9.16. The maximum Gasteiger partial charge on any atom is 0.266 e. The SMILES string of the molecule is Cc1onc2c1NC(=O)C=NC2c1ccccc1Cl. The van der Waals surface area contributed by atoms with E-state index in [0.717, 1.165) is 5.56 Å². The summed E-state index contributed by atoms with van der Waals surface area (Å²) in [7, 11) is 0. The van der Waals surface area contributed by atoms with E-state index in [9.17, 15) is 4.79 Å². The van der Waals surface area contributed by atoms with E-state index in [-0.39, 0.29) is 5.91 Å². The van der Waals surface area contributed by atoms with E-state index < -0.39 is 6.04 Å². The number of carbonyl (C=O) groups excluding carboxylic acids is 1. The summed E-state index contributed by atoms with van der Waals surface area (Å²) < 4.78 is 5.13. The maximum atomic E-state index is 11.6. The Balaban J connectivity index is 2.18. The topological polar surface area (TPSA) is 67.5 Å². The molecule has 19 heavy (non-hydrogen) atoms. The van der Waals surface area contributed by atoms with Crippen LogP contribution in [0.5, 0.6) is 0 Å². The number of aromatic nitrogens is 1. The fraction of sp³-hybridized carbons (Fsp3) is 0.154. The normalized spacial score (nSPS) is 17.8. The summed E-state index contributed by atoms with van der Waals surface area (Å²) in [5, 5.41) is 7.26. The van der Waals surface area contributed by atoms with Crippen molar-refractivity contribution >= 4 is 29.4 Å². The van der Waals surface area contributed by atoms with E-state index in [0.29, 0.717) is 22.2 Å². The number of amides is 1. The third-order valence-electron chi connectivity index (χ3n) is 2.94. The van der Waals surface area contributed by atoms with Crippen LogP contribution in [-0.2, 0) is 4.79 Å². The van der Waals surface area contributed by atoms with Crippen molar-refractivity contribution in [2.24, 2.45) is 4.99 Å². The molecule has 0 bridgehead atoms.